The molecule has 0 bridgehead atoms. The average molecular weight is 317 g/mol. The lowest BCUT2D eigenvalue weighted by atomic mass is 10.2. The van der Waals surface area contributed by atoms with E-state index in [4.69, 9.17) is 11.6 Å². The van der Waals surface area contributed by atoms with Gasteiger partial charge in [0, 0.05) is 18.8 Å². The number of hydrogen-bond donors (Lipinski definition) is 1. The molecule has 0 amide bonds. The van der Waals surface area contributed by atoms with Crippen LogP contribution in [0.1, 0.15) is 0 Å². The van der Waals surface area contributed by atoms with Crippen LogP contribution in [0.25, 0.3) is 11.4 Å². The van der Waals surface area contributed by atoms with Crippen LogP contribution in [0.5, 0.6) is 0 Å². The van der Waals surface area contributed by atoms with Crippen molar-refractivity contribution in [1.82, 2.24) is 9.97 Å². The van der Waals surface area contributed by atoms with E-state index in [-0.39, 0.29) is 5.02 Å². The molecule has 88 valence electrons. The van der Waals surface area contributed by atoms with Gasteiger partial charge in [0.2, 0.25) is 0 Å². The van der Waals surface area contributed by atoms with E-state index in [0.29, 0.717) is 17.2 Å². The van der Waals surface area contributed by atoms with Gasteiger partial charge in [0.1, 0.15) is 11.6 Å². The molecule has 0 atom stereocenters. The molecular weight excluding hydrogens is 308 g/mol. The first-order valence-electron chi connectivity index (χ1n) is 4.77. The van der Waals surface area contributed by atoms with E-state index in [1.54, 1.807) is 19.3 Å². The number of aromatic nitrogens is 2. The Morgan fingerprint density at radius 2 is 2.18 bits per heavy atom. The van der Waals surface area contributed by atoms with E-state index >= 15 is 0 Å². The molecule has 1 heterocycles. The third-order valence-electron chi connectivity index (χ3n) is 2.16. The molecule has 0 radical (unpaired) electrons. The van der Waals surface area contributed by atoms with E-state index in [1.165, 1.54) is 12.1 Å². The van der Waals surface area contributed by atoms with Crippen LogP contribution in [-0.4, -0.2) is 17.0 Å². The van der Waals surface area contributed by atoms with Gasteiger partial charge in [-0.3, -0.25) is 0 Å². The summed E-state index contributed by atoms with van der Waals surface area (Å²) in [4.78, 5) is 8.43. The normalized spacial score (nSPS) is 10.4. The maximum absolute atomic E-state index is 13.0. The van der Waals surface area contributed by atoms with Gasteiger partial charge >= 0.3 is 0 Å². The Balaban J connectivity index is 2.49. The van der Waals surface area contributed by atoms with Gasteiger partial charge in [-0.1, -0.05) is 11.6 Å². The van der Waals surface area contributed by atoms with Gasteiger partial charge in [-0.2, -0.15) is 0 Å². The molecule has 0 unspecified atom stereocenters. The Morgan fingerprint density at radius 3 is 2.82 bits per heavy atom. The average Bonchev–Trinajstić information content (AvgIpc) is 2.33. The van der Waals surface area contributed by atoms with Gasteiger partial charge in [-0.25, -0.2) is 14.4 Å². The molecule has 0 fully saturated rings. The first-order chi connectivity index (χ1) is 8.11. The van der Waals surface area contributed by atoms with Crippen LogP contribution in [0, 0.1) is 5.82 Å². The summed E-state index contributed by atoms with van der Waals surface area (Å²) >= 11 is 9.03. The summed E-state index contributed by atoms with van der Waals surface area (Å²) in [6.07, 6.45) is 1.63. The third-order valence-corrected chi connectivity index (χ3v) is 3.03. The molecule has 1 aromatic carbocycles. The van der Waals surface area contributed by atoms with Crippen molar-refractivity contribution in [3.05, 3.63) is 39.7 Å². The van der Waals surface area contributed by atoms with Crippen LogP contribution >= 0.6 is 27.5 Å². The maximum Gasteiger partial charge on any atom is 0.161 e. The minimum absolute atomic E-state index is 0.0556. The highest BCUT2D eigenvalue weighted by molar-refractivity contribution is 9.10. The van der Waals surface area contributed by atoms with E-state index in [0.717, 1.165) is 4.47 Å². The number of benzene rings is 1. The lowest BCUT2D eigenvalue weighted by Crippen LogP contribution is -1.97. The van der Waals surface area contributed by atoms with Crippen LogP contribution in [-0.2, 0) is 0 Å². The van der Waals surface area contributed by atoms with Crippen molar-refractivity contribution in [1.29, 1.82) is 0 Å². The molecule has 1 N–H and O–H groups in total. The number of anilines is 1. The summed E-state index contributed by atoms with van der Waals surface area (Å²) in [6.45, 7) is 0. The van der Waals surface area contributed by atoms with Crippen LogP contribution in [0.2, 0.25) is 5.02 Å². The van der Waals surface area contributed by atoms with Crippen molar-refractivity contribution in [3.8, 4) is 11.4 Å². The standard InChI is InChI=1S/C11H8BrClFN3/c1-15-11-7(12)5-16-10(17-11)6-2-3-9(14)8(13)4-6/h2-5H,1H3,(H,15,16,17). The van der Waals surface area contributed by atoms with Crippen molar-refractivity contribution in [3.63, 3.8) is 0 Å². The van der Waals surface area contributed by atoms with Crippen molar-refractivity contribution >= 4 is 33.3 Å². The molecule has 6 heteroatoms. The molecule has 2 aromatic rings. The van der Waals surface area contributed by atoms with Gasteiger partial charge in [0.05, 0.1) is 9.50 Å². The zero-order chi connectivity index (χ0) is 12.4. The second kappa shape index (κ2) is 4.98. The molecule has 0 saturated heterocycles. The van der Waals surface area contributed by atoms with Crippen molar-refractivity contribution in [2.45, 2.75) is 0 Å². The van der Waals surface area contributed by atoms with Crippen LogP contribution in [0.15, 0.2) is 28.9 Å². The summed E-state index contributed by atoms with van der Waals surface area (Å²) in [5.74, 6) is 0.691. The fourth-order valence-corrected chi connectivity index (χ4v) is 1.89. The fourth-order valence-electron chi connectivity index (χ4n) is 1.32. The minimum Gasteiger partial charge on any atom is -0.372 e. The molecule has 0 spiro atoms. The predicted octanol–water partition coefficient (Wildman–Crippen LogP) is 3.74. The second-order valence-corrected chi connectivity index (χ2v) is 4.53. The second-order valence-electron chi connectivity index (χ2n) is 3.27. The number of nitrogens with zero attached hydrogens (tertiary/aromatic N) is 2. The Labute approximate surface area is 111 Å². The Kier molecular flexibility index (Phi) is 3.59. The first kappa shape index (κ1) is 12.3. The summed E-state index contributed by atoms with van der Waals surface area (Å²) in [5.41, 5.74) is 0.667. The predicted molar refractivity (Wildman–Crippen MR) is 69.7 cm³/mol. The fraction of sp³-hybridized carbons (Fsp3) is 0.0909. The molecule has 1 aromatic heterocycles. The third kappa shape index (κ3) is 2.56. The zero-order valence-corrected chi connectivity index (χ0v) is 11.2. The lowest BCUT2D eigenvalue weighted by molar-refractivity contribution is 0.628. The number of rotatable bonds is 2. The summed E-state index contributed by atoms with van der Waals surface area (Å²) in [7, 11) is 1.76. The van der Waals surface area contributed by atoms with Gasteiger partial charge in [0.15, 0.2) is 5.82 Å². The van der Waals surface area contributed by atoms with E-state index in [1.807, 2.05) is 0 Å². The topological polar surface area (TPSA) is 37.8 Å². The van der Waals surface area contributed by atoms with E-state index in [2.05, 4.69) is 31.2 Å². The monoisotopic (exact) mass is 315 g/mol. The summed E-state index contributed by atoms with van der Waals surface area (Å²) in [5, 5.41) is 2.98. The highest BCUT2D eigenvalue weighted by Crippen LogP contribution is 2.25. The highest BCUT2D eigenvalue weighted by atomic mass is 79.9. The zero-order valence-electron chi connectivity index (χ0n) is 8.84. The van der Waals surface area contributed by atoms with Crippen molar-refractivity contribution < 1.29 is 4.39 Å². The molecule has 0 aliphatic heterocycles. The van der Waals surface area contributed by atoms with Gasteiger partial charge in [-0.05, 0) is 34.1 Å². The number of hydrogen-bond acceptors (Lipinski definition) is 3. The Bertz CT molecular complexity index is 562. The molecule has 0 saturated carbocycles. The molecular formula is C11H8BrClFN3. The Morgan fingerprint density at radius 1 is 1.41 bits per heavy atom. The number of halogens is 3. The number of nitrogens with one attached hydrogen (secondary N) is 1. The van der Waals surface area contributed by atoms with Crippen molar-refractivity contribution in [2.75, 3.05) is 12.4 Å². The van der Waals surface area contributed by atoms with Crippen LogP contribution < -0.4 is 5.32 Å². The van der Waals surface area contributed by atoms with E-state index in [9.17, 15) is 4.39 Å². The van der Waals surface area contributed by atoms with E-state index < -0.39 is 5.82 Å². The summed E-state index contributed by atoms with van der Waals surface area (Å²) < 4.78 is 13.8. The molecule has 2 rings (SSSR count). The van der Waals surface area contributed by atoms with Gasteiger partial charge in [-0.15, -0.1) is 0 Å². The highest BCUT2D eigenvalue weighted by Gasteiger charge is 2.08. The van der Waals surface area contributed by atoms with Gasteiger partial charge < -0.3 is 5.32 Å². The van der Waals surface area contributed by atoms with Crippen LogP contribution in [0.3, 0.4) is 0 Å². The largest absolute Gasteiger partial charge is 0.372 e. The van der Waals surface area contributed by atoms with Gasteiger partial charge in [0.25, 0.3) is 0 Å². The SMILES string of the molecule is CNc1nc(-c2ccc(F)c(Cl)c2)ncc1Br. The maximum atomic E-state index is 13.0. The lowest BCUT2D eigenvalue weighted by Gasteiger charge is -2.06. The molecule has 3 nitrogen and oxygen atoms in total. The van der Waals surface area contributed by atoms with Crippen molar-refractivity contribution in [2.24, 2.45) is 0 Å². The Hall–Kier alpha value is -1.20. The molecule has 0 aliphatic carbocycles. The first-order valence-corrected chi connectivity index (χ1v) is 5.94. The smallest absolute Gasteiger partial charge is 0.161 e. The van der Waals surface area contributed by atoms with Crippen LogP contribution in [0.4, 0.5) is 10.2 Å². The summed E-state index contributed by atoms with van der Waals surface area (Å²) in [6, 6.07) is 4.38. The minimum atomic E-state index is -0.457. The molecule has 17 heavy (non-hydrogen) atoms. The molecule has 0 aliphatic rings. The quantitative estimate of drug-likeness (QED) is 0.917.